The first-order chi connectivity index (χ1) is 9.36. The van der Waals surface area contributed by atoms with Crippen molar-refractivity contribution in [3.05, 3.63) is 71.3 Å². The first-order valence-corrected chi connectivity index (χ1v) is 6.87. The predicted molar refractivity (Wildman–Crippen MR) is 79.3 cm³/mol. The highest BCUT2D eigenvalue weighted by atomic mass is 16.5. The summed E-state index contributed by atoms with van der Waals surface area (Å²) in [4.78, 5) is 0. The Labute approximate surface area is 114 Å². The van der Waals surface area contributed by atoms with Gasteiger partial charge in [-0.1, -0.05) is 55.5 Å². The molecule has 0 aliphatic carbocycles. The third-order valence-electron chi connectivity index (χ3n) is 3.56. The summed E-state index contributed by atoms with van der Waals surface area (Å²) >= 11 is 0. The van der Waals surface area contributed by atoms with Gasteiger partial charge < -0.3 is 4.74 Å². The van der Waals surface area contributed by atoms with Gasteiger partial charge in [-0.15, -0.1) is 0 Å². The molecule has 0 amide bonds. The number of benzene rings is 2. The quantitative estimate of drug-likeness (QED) is 0.780. The van der Waals surface area contributed by atoms with E-state index in [0.717, 1.165) is 18.6 Å². The number of hydrogen-bond acceptors (Lipinski definition) is 1. The molecule has 1 atom stereocenters. The van der Waals surface area contributed by atoms with E-state index >= 15 is 0 Å². The Bertz CT molecular complexity index is 584. The lowest BCUT2D eigenvalue weighted by Gasteiger charge is -2.26. The van der Waals surface area contributed by atoms with E-state index < -0.39 is 0 Å². The van der Waals surface area contributed by atoms with Gasteiger partial charge in [0.05, 0.1) is 0 Å². The van der Waals surface area contributed by atoms with Crippen molar-refractivity contribution in [2.24, 2.45) is 0 Å². The van der Waals surface area contributed by atoms with Crippen LogP contribution in [0.15, 0.2) is 60.2 Å². The molecule has 2 aromatic carbocycles. The summed E-state index contributed by atoms with van der Waals surface area (Å²) in [5.41, 5.74) is 3.90. The van der Waals surface area contributed by atoms with Gasteiger partial charge in [-0.2, -0.15) is 0 Å². The van der Waals surface area contributed by atoms with Crippen molar-refractivity contribution in [1.29, 1.82) is 0 Å². The Morgan fingerprint density at radius 2 is 1.68 bits per heavy atom. The zero-order valence-electron chi connectivity index (χ0n) is 11.2. The highest BCUT2D eigenvalue weighted by molar-refractivity contribution is 5.63. The van der Waals surface area contributed by atoms with E-state index in [1.165, 1.54) is 16.7 Å². The largest absolute Gasteiger partial charge is 0.485 e. The smallest absolute Gasteiger partial charge is 0.127 e. The van der Waals surface area contributed by atoms with Gasteiger partial charge in [-0.3, -0.25) is 0 Å². The summed E-state index contributed by atoms with van der Waals surface area (Å²) in [6.07, 6.45) is 4.47. The summed E-state index contributed by atoms with van der Waals surface area (Å²) in [7, 11) is 0. The summed E-state index contributed by atoms with van der Waals surface area (Å²) < 4.78 is 6.10. The van der Waals surface area contributed by atoms with Gasteiger partial charge in [-0.05, 0) is 36.1 Å². The molecule has 0 radical (unpaired) electrons. The summed E-state index contributed by atoms with van der Waals surface area (Å²) in [6.45, 7) is 2.18. The molecular formula is C18H18O. The van der Waals surface area contributed by atoms with E-state index in [1.54, 1.807) is 0 Å². The molecule has 0 fully saturated rings. The van der Waals surface area contributed by atoms with Crippen molar-refractivity contribution >= 4 is 6.08 Å². The number of hydrogen-bond donors (Lipinski definition) is 0. The van der Waals surface area contributed by atoms with E-state index in [1.807, 2.05) is 12.1 Å². The molecule has 1 aliphatic heterocycles. The van der Waals surface area contributed by atoms with Crippen LogP contribution in [0, 0.1) is 0 Å². The summed E-state index contributed by atoms with van der Waals surface area (Å²) in [5.74, 6) is 1.01. The molecule has 1 aliphatic rings. The SMILES string of the molecule is CCC1Oc2ccccc2C=C1Cc1ccccc1. The van der Waals surface area contributed by atoms with Crippen LogP contribution in [0.2, 0.25) is 0 Å². The molecular weight excluding hydrogens is 232 g/mol. The number of fused-ring (bicyclic) bond motifs is 1. The van der Waals surface area contributed by atoms with Crippen LogP contribution in [0.1, 0.15) is 24.5 Å². The van der Waals surface area contributed by atoms with Crippen molar-refractivity contribution < 1.29 is 4.74 Å². The molecule has 2 aromatic rings. The molecule has 3 rings (SSSR count). The summed E-state index contributed by atoms with van der Waals surface area (Å²) in [6, 6.07) is 18.8. The fraction of sp³-hybridized carbons (Fsp3) is 0.222. The second kappa shape index (κ2) is 5.31. The summed E-state index contributed by atoms with van der Waals surface area (Å²) in [5, 5.41) is 0. The number of rotatable bonds is 3. The molecule has 0 bridgehead atoms. The lowest BCUT2D eigenvalue weighted by molar-refractivity contribution is 0.226. The number of para-hydroxylation sites is 1. The van der Waals surface area contributed by atoms with Crippen LogP contribution >= 0.6 is 0 Å². The van der Waals surface area contributed by atoms with E-state index in [-0.39, 0.29) is 6.10 Å². The fourth-order valence-corrected chi connectivity index (χ4v) is 2.57. The van der Waals surface area contributed by atoms with Crippen molar-refractivity contribution in [1.82, 2.24) is 0 Å². The van der Waals surface area contributed by atoms with Gasteiger partial charge in [0.15, 0.2) is 0 Å². The standard InChI is InChI=1S/C18H18O/c1-2-17-16(12-14-8-4-3-5-9-14)13-15-10-6-7-11-18(15)19-17/h3-11,13,17H,2,12H2,1H3. The minimum atomic E-state index is 0.204. The molecule has 1 heteroatoms. The molecule has 19 heavy (non-hydrogen) atoms. The fourth-order valence-electron chi connectivity index (χ4n) is 2.57. The van der Waals surface area contributed by atoms with E-state index in [9.17, 15) is 0 Å². The van der Waals surface area contributed by atoms with Gasteiger partial charge in [0.25, 0.3) is 0 Å². The predicted octanol–water partition coefficient (Wildman–Crippen LogP) is 4.48. The third kappa shape index (κ3) is 2.55. The second-order valence-electron chi connectivity index (χ2n) is 4.93. The minimum absolute atomic E-state index is 0.204. The van der Waals surface area contributed by atoms with Crippen molar-refractivity contribution in [3.63, 3.8) is 0 Å². The molecule has 0 aromatic heterocycles. The zero-order chi connectivity index (χ0) is 13.1. The van der Waals surface area contributed by atoms with Crippen molar-refractivity contribution in [3.8, 4) is 5.75 Å². The lowest BCUT2D eigenvalue weighted by atomic mass is 9.94. The van der Waals surface area contributed by atoms with Crippen LogP contribution < -0.4 is 4.74 Å². The maximum Gasteiger partial charge on any atom is 0.127 e. The highest BCUT2D eigenvalue weighted by Crippen LogP contribution is 2.31. The molecule has 0 N–H and O–H groups in total. The van der Waals surface area contributed by atoms with Gasteiger partial charge in [0.2, 0.25) is 0 Å². The van der Waals surface area contributed by atoms with Crippen LogP contribution in [-0.2, 0) is 6.42 Å². The van der Waals surface area contributed by atoms with Gasteiger partial charge in [-0.25, -0.2) is 0 Å². The van der Waals surface area contributed by atoms with Crippen molar-refractivity contribution in [2.75, 3.05) is 0 Å². The molecule has 0 spiro atoms. The van der Waals surface area contributed by atoms with Gasteiger partial charge in [0, 0.05) is 5.56 Å². The Morgan fingerprint density at radius 3 is 2.47 bits per heavy atom. The van der Waals surface area contributed by atoms with Crippen LogP contribution in [0.5, 0.6) is 5.75 Å². The highest BCUT2D eigenvalue weighted by Gasteiger charge is 2.20. The monoisotopic (exact) mass is 250 g/mol. The maximum absolute atomic E-state index is 6.10. The normalized spacial score (nSPS) is 17.3. The second-order valence-corrected chi connectivity index (χ2v) is 4.93. The van der Waals surface area contributed by atoms with Crippen LogP contribution in [0.4, 0.5) is 0 Å². The Kier molecular flexibility index (Phi) is 3.37. The molecule has 1 nitrogen and oxygen atoms in total. The van der Waals surface area contributed by atoms with E-state index in [2.05, 4.69) is 55.5 Å². The van der Waals surface area contributed by atoms with E-state index in [4.69, 9.17) is 4.74 Å². The molecule has 96 valence electrons. The third-order valence-corrected chi connectivity index (χ3v) is 3.56. The lowest BCUT2D eigenvalue weighted by Crippen LogP contribution is -2.23. The molecule has 1 unspecified atom stereocenters. The Balaban J connectivity index is 1.92. The molecule has 0 saturated heterocycles. The maximum atomic E-state index is 6.10. The van der Waals surface area contributed by atoms with Gasteiger partial charge in [0.1, 0.15) is 11.9 Å². The first kappa shape index (κ1) is 12.0. The zero-order valence-corrected chi connectivity index (χ0v) is 11.2. The van der Waals surface area contributed by atoms with Crippen LogP contribution in [-0.4, -0.2) is 6.10 Å². The first-order valence-electron chi connectivity index (χ1n) is 6.87. The van der Waals surface area contributed by atoms with Crippen LogP contribution in [0.3, 0.4) is 0 Å². The minimum Gasteiger partial charge on any atom is -0.485 e. The molecule has 1 heterocycles. The van der Waals surface area contributed by atoms with Crippen LogP contribution in [0.25, 0.3) is 6.08 Å². The number of ether oxygens (including phenoxy) is 1. The Morgan fingerprint density at radius 1 is 0.947 bits per heavy atom. The Hall–Kier alpha value is -2.02. The topological polar surface area (TPSA) is 9.23 Å². The van der Waals surface area contributed by atoms with Crippen molar-refractivity contribution in [2.45, 2.75) is 25.9 Å². The average Bonchev–Trinajstić information content (AvgIpc) is 2.47. The van der Waals surface area contributed by atoms with Gasteiger partial charge >= 0.3 is 0 Å². The molecule has 0 saturated carbocycles. The van der Waals surface area contributed by atoms with E-state index in [0.29, 0.717) is 0 Å². The average molecular weight is 250 g/mol.